The highest BCUT2D eigenvalue weighted by Crippen LogP contribution is 2.20. The van der Waals surface area contributed by atoms with Gasteiger partial charge in [-0.3, -0.25) is 19.0 Å². The highest BCUT2D eigenvalue weighted by molar-refractivity contribution is 5.94. The van der Waals surface area contributed by atoms with Gasteiger partial charge in [0, 0.05) is 31.3 Å². The third kappa shape index (κ3) is 4.25. The highest BCUT2D eigenvalue weighted by atomic mass is 16.2. The van der Waals surface area contributed by atoms with Crippen LogP contribution in [0.2, 0.25) is 0 Å². The Balaban J connectivity index is 1.71. The van der Waals surface area contributed by atoms with Gasteiger partial charge in [0.05, 0.1) is 17.2 Å². The molecule has 0 unspecified atom stereocenters. The number of hydrogen-bond acceptors (Lipinski definition) is 4. The number of carbonyl (C=O) groups is 2. The number of hydrogen-bond donors (Lipinski definition) is 2. The van der Waals surface area contributed by atoms with Crippen molar-refractivity contribution >= 4 is 34.1 Å². The van der Waals surface area contributed by atoms with E-state index in [4.69, 9.17) is 0 Å². The van der Waals surface area contributed by atoms with Gasteiger partial charge in [0.15, 0.2) is 0 Å². The van der Waals surface area contributed by atoms with Gasteiger partial charge in [0.1, 0.15) is 0 Å². The Hall–Kier alpha value is -3.48. The van der Waals surface area contributed by atoms with Crippen molar-refractivity contribution in [2.45, 2.75) is 33.7 Å². The summed E-state index contributed by atoms with van der Waals surface area (Å²) < 4.78 is 1.45. The maximum Gasteiger partial charge on any atom is 0.261 e. The summed E-state index contributed by atoms with van der Waals surface area (Å²) in [4.78, 5) is 40.5. The summed E-state index contributed by atoms with van der Waals surface area (Å²) in [6.45, 7) is 5.43. The van der Waals surface area contributed by atoms with E-state index in [0.717, 1.165) is 11.1 Å². The Kier molecular flexibility index (Phi) is 5.54. The molecule has 0 spiro atoms. The summed E-state index contributed by atoms with van der Waals surface area (Å²) in [5.41, 5.74) is 3.56. The first-order chi connectivity index (χ1) is 13.3. The van der Waals surface area contributed by atoms with Gasteiger partial charge in [-0.15, -0.1) is 0 Å². The molecule has 0 aliphatic rings. The second-order valence-corrected chi connectivity index (χ2v) is 6.72. The van der Waals surface area contributed by atoms with Crippen molar-refractivity contribution in [3.05, 3.63) is 64.2 Å². The lowest BCUT2D eigenvalue weighted by atomic mass is 10.1. The van der Waals surface area contributed by atoms with Crippen molar-refractivity contribution in [2.75, 3.05) is 10.6 Å². The van der Waals surface area contributed by atoms with Crippen LogP contribution in [0.3, 0.4) is 0 Å². The predicted molar refractivity (Wildman–Crippen MR) is 109 cm³/mol. The number of aryl methyl sites for hydroxylation is 3. The molecule has 1 aromatic heterocycles. The average molecular weight is 378 g/mol. The van der Waals surface area contributed by atoms with E-state index >= 15 is 0 Å². The minimum atomic E-state index is -0.223. The van der Waals surface area contributed by atoms with Gasteiger partial charge in [0.2, 0.25) is 11.8 Å². The van der Waals surface area contributed by atoms with Crippen LogP contribution in [0.1, 0.15) is 24.5 Å². The fourth-order valence-corrected chi connectivity index (χ4v) is 2.97. The molecule has 7 nitrogen and oxygen atoms in total. The summed E-state index contributed by atoms with van der Waals surface area (Å²) in [5.74, 6) is -0.404. The van der Waals surface area contributed by atoms with Gasteiger partial charge >= 0.3 is 0 Å². The van der Waals surface area contributed by atoms with Crippen LogP contribution in [0.15, 0.2) is 47.5 Å². The number of para-hydroxylation sites is 1. The van der Waals surface area contributed by atoms with Crippen LogP contribution in [0, 0.1) is 13.8 Å². The van der Waals surface area contributed by atoms with Crippen LogP contribution >= 0.6 is 0 Å². The van der Waals surface area contributed by atoms with E-state index in [1.165, 1.54) is 17.8 Å². The topological polar surface area (TPSA) is 93.1 Å². The fraction of sp³-hybridized carbons (Fsp3) is 0.238. The van der Waals surface area contributed by atoms with E-state index in [1.807, 2.05) is 32.0 Å². The van der Waals surface area contributed by atoms with Crippen LogP contribution in [0.4, 0.5) is 11.4 Å². The molecule has 0 aliphatic carbocycles. The maximum absolute atomic E-state index is 12.6. The number of nitrogens with zero attached hydrogens (tertiary/aromatic N) is 2. The largest absolute Gasteiger partial charge is 0.326 e. The molecule has 7 heteroatoms. The molecule has 3 aromatic rings. The molecule has 0 bridgehead atoms. The van der Waals surface area contributed by atoms with Crippen molar-refractivity contribution in [1.82, 2.24) is 9.55 Å². The smallest absolute Gasteiger partial charge is 0.261 e. The van der Waals surface area contributed by atoms with Gasteiger partial charge in [-0.2, -0.15) is 0 Å². The van der Waals surface area contributed by atoms with Crippen LogP contribution in [-0.4, -0.2) is 21.4 Å². The molecule has 0 radical (unpaired) electrons. The molecule has 144 valence electrons. The minimum absolute atomic E-state index is 0.128. The average Bonchev–Trinajstić information content (AvgIpc) is 2.64. The molecular weight excluding hydrogens is 356 g/mol. The Bertz CT molecular complexity index is 1120. The zero-order chi connectivity index (χ0) is 20.3. The van der Waals surface area contributed by atoms with Crippen molar-refractivity contribution in [2.24, 2.45) is 0 Å². The monoisotopic (exact) mass is 378 g/mol. The SMILES string of the molecule is CC(=O)Nc1ccc(C)c(NC(=O)CCn2cnc3c(C)cccc3c2=O)c1. The molecule has 2 N–H and O–H groups in total. The maximum atomic E-state index is 12.6. The number of amides is 2. The Morgan fingerprint density at radius 2 is 1.86 bits per heavy atom. The van der Waals surface area contributed by atoms with Crippen molar-refractivity contribution in [3.63, 3.8) is 0 Å². The Morgan fingerprint density at radius 1 is 1.07 bits per heavy atom. The number of aromatic nitrogens is 2. The quantitative estimate of drug-likeness (QED) is 0.714. The minimum Gasteiger partial charge on any atom is -0.326 e. The van der Waals surface area contributed by atoms with Gasteiger partial charge in [-0.05, 0) is 43.2 Å². The van der Waals surface area contributed by atoms with Gasteiger partial charge < -0.3 is 10.6 Å². The molecule has 2 aromatic carbocycles. The summed E-state index contributed by atoms with van der Waals surface area (Å²) in [7, 11) is 0. The first-order valence-corrected chi connectivity index (χ1v) is 8.98. The highest BCUT2D eigenvalue weighted by Gasteiger charge is 2.10. The third-order valence-electron chi connectivity index (χ3n) is 4.47. The predicted octanol–water partition coefficient (Wildman–Crippen LogP) is 3.00. The van der Waals surface area contributed by atoms with E-state index in [2.05, 4.69) is 15.6 Å². The van der Waals surface area contributed by atoms with Gasteiger partial charge in [-0.25, -0.2) is 4.98 Å². The molecule has 2 amide bonds. The van der Waals surface area contributed by atoms with E-state index in [0.29, 0.717) is 22.3 Å². The number of benzene rings is 2. The third-order valence-corrected chi connectivity index (χ3v) is 4.47. The standard InChI is InChI=1S/C21H22N4O3/c1-13-7-8-16(23-15(3)26)11-18(13)24-19(27)9-10-25-12-22-20-14(2)5-4-6-17(20)21(25)28/h4-8,11-12H,9-10H2,1-3H3,(H,23,26)(H,24,27). The Morgan fingerprint density at radius 3 is 2.61 bits per heavy atom. The van der Waals surface area contributed by atoms with Gasteiger partial charge in [-0.1, -0.05) is 18.2 Å². The normalized spacial score (nSPS) is 10.7. The van der Waals surface area contributed by atoms with E-state index in [9.17, 15) is 14.4 Å². The van der Waals surface area contributed by atoms with E-state index in [1.54, 1.807) is 18.2 Å². The lowest BCUT2D eigenvalue weighted by molar-refractivity contribution is -0.116. The number of anilines is 2. The van der Waals surface area contributed by atoms with Crippen molar-refractivity contribution in [1.29, 1.82) is 0 Å². The number of fused-ring (bicyclic) bond motifs is 1. The number of carbonyl (C=O) groups excluding carboxylic acids is 2. The van der Waals surface area contributed by atoms with E-state index in [-0.39, 0.29) is 30.3 Å². The van der Waals surface area contributed by atoms with Crippen molar-refractivity contribution < 1.29 is 9.59 Å². The molecule has 3 rings (SSSR count). The Labute approximate surface area is 162 Å². The molecule has 0 fully saturated rings. The molecular formula is C21H22N4O3. The van der Waals surface area contributed by atoms with Crippen LogP contribution in [0.5, 0.6) is 0 Å². The summed E-state index contributed by atoms with van der Waals surface area (Å²) in [6, 6.07) is 10.8. The van der Waals surface area contributed by atoms with Crippen LogP contribution in [-0.2, 0) is 16.1 Å². The fourth-order valence-electron chi connectivity index (χ4n) is 2.97. The van der Waals surface area contributed by atoms with Gasteiger partial charge in [0.25, 0.3) is 5.56 Å². The molecule has 0 saturated carbocycles. The molecule has 0 aliphatic heterocycles. The van der Waals surface area contributed by atoms with Crippen LogP contribution in [0.25, 0.3) is 10.9 Å². The van der Waals surface area contributed by atoms with Crippen LogP contribution < -0.4 is 16.2 Å². The summed E-state index contributed by atoms with van der Waals surface area (Å²) in [6.07, 6.45) is 1.61. The molecule has 1 heterocycles. The summed E-state index contributed by atoms with van der Waals surface area (Å²) >= 11 is 0. The zero-order valence-electron chi connectivity index (χ0n) is 16.1. The number of rotatable bonds is 5. The molecule has 0 atom stereocenters. The first kappa shape index (κ1) is 19.3. The molecule has 0 saturated heterocycles. The summed E-state index contributed by atoms with van der Waals surface area (Å²) in [5, 5.41) is 6.07. The van der Waals surface area contributed by atoms with E-state index < -0.39 is 0 Å². The molecule has 28 heavy (non-hydrogen) atoms. The first-order valence-electron chi connectivity index (χ1n) is 8.98. The lowest BCUT2D eigenvalue weighted by Crippen LogP contribution is -2.24. The zero-order valence-corrected chi connectivity index (χ0v) is 16.1. The second kappa shape index (κ2) is 8.04. The van der Waals surface area contributed by atoms with Crippen molar-refractivity contribution in [3.8, 4) is 0 Å². The second-order valence-electron chi connectivity index (χ2n) is 6.72. The number of nitrogens with one attached hydrogen (secondary N) is 2. The lowest BCUT2D eigenvalue weighted by Gasteiger charge is -2.12.